The minimum absolute atomic E-state index is 0.336. The molecule has 2 atom stereocenters. The molecule has 0 amide bonds. The van der Waals surface area contributed by atoms with E-state index < -0.39 is 11.7 Å². The Morgan fingerprint density at radius 1 is 1.25 bits per heavy atom. The molecule has 4 nitrogen and oxygen atoms in total. The van der Waals surface area contributed by atoms with Crippen LogP contribution in [-0.2, 0) is 4.74 Å². The second-order valence-electron chi connectivity index (χ2n) is 6.97. The van der Waals surface area contributed by atoms with Crippen molar-refractivity contribution in [2.24, 2.45) is 5.92 Å². The molecule has 1 fully saturated rings. The van der Waals surface area contributed by atoms with E-state index in [-0.39, 0.29) is 0 Å². The monoisotopic (exact) mass is 287 g/mol. The Kier molecular flexibility index (Phi) is 8.03. The van der Waals surface area contributed by atoms with E-state index in [1.54, 1.807) is 0 Å². The summed E-state index contributed by atoms with van der Waals surface area (Å²) in [6, 6.07) is 0. The molecule has 0 heterocycles. The van der Waals surface area contributed by atoms with Crippen LogP contribution in [0, 0.1) is 5.92 Å². The zero-order chi connectivity index (χ0) is 15.0. The van der Waals surface area contributed by atoms with Gasteiger partial charge in [0.1, 0.15) is 0 Å². The van der Waals surface area contributed by atoms with Crippen molar-refractivity contribution in [1.82, 2.24) is 5.32 Å². The summed E-state index contributed by atoms with van der Waals surface area (Å²) in [5, 5.41) is 23.2. The van der Waals surface area contributed by atoms with Crippen LogP contribution in [0.3, 0.4) is 0 Å². The van der Waals surface area contributed by atoms with Gasteiger partial charge in [0.05, 0.1) is 24.4 Å². The summed E-state index contributed by atoms with van der Waals surface area (Å²) >= 11 is 0. The third-order valence-electron chi connectivity index (χ3n) is 3.81. The van der Waals surface area contributed by atoms with Crippen molar-refractivity contribution < 1.29 is 14.9 Å². The van der Waals surface area contributed by atoms with Crippen LogP contribution < -0.4 is 5.32 Å². The maximum atomic E-state index is 10.2. The first-order valence-electron chi connectivity index (χ1n) is 8.12. The SMILES string of the molecule is CC(C)CC(C)(O)CNCC(O)COC1CCCCC1. The van der Waals surface area contributed by atoms with Crippen LogP contribution in [0.2, 0.25) is 0 Å². The van der Waals surface area contributed by atoms with Crippen molar-refractivity contribution in [2.75, 3.05) is 19.7 Å². The highest BCUT2D eigenvalue weighted by molar-refractivity contribution is 4.77. The average Bonchev–Trinajstić information content (AvgIpc) is 2.36. The van der Waals surface area contributed by atoms with E-state index in [4.69, 9.17) is 4.74 Å². The lowest BCUT2D eigenvalue weighted by Crippen LogP contribution is -2.42. The zero-order valence-corrected chi connectivity index (χ0v) is 13.4. The van der Waals surface area contributed by atoms with E-state index in [9.17, 15) is 10.2 Å². The van der Waals surface area contributed by atoms with E-state index in [2.05, 4.69) is 19.2 Å². The Morgan fingerprint density at radius 2 is 1.90 bits per heavy atom. The van der Waals surface area contributed by atoms with Crippen LogP contribution in [0.5, 0.6) is 0 Å². The van der Waals surface area contributed by atoms with Gasteiger partial charge < -0.3 is 20.3 Å². The van der Waals surface area contributed by atoms with E-state index in [1.807, 2.05) is 6.92 Å². The molecule has 0 aromatic heterocycles. The number of ether oxygens (including phenoxy) is 1. The summed E-state index contributed by atoms with van der Waals surface area (Å²) in [5.74, 6) is 0.464. The predicted molar refractivity (Wildman–Crippen MR) is 81.8 cm³/mol. The molecular formula is C16H33NO3. The third-order valence-corrected chi connectivity index (χ3v) is 3.81. The Morgan fingerprint density at radius 3 is 2.50 bits per heavy atom. The Bertz CT molecular complexity index is 250. The number of rotatable bonds is 9. The molecule has 2 unspecified atom stereocenters. The number of aliphatic hydroxyl groups is 2. The highest BCUT2D eigenvalue weighted by Gasteiger charge is 2.22. The van der Waals surface area contributed by atoms with E-state index in [0.29, 0.717) is 31.7 Å². The third kappa shape index (κ3) is 8.20. The van der Waals surface area contributed by atoms with Crippen molar-refractivity contribution in [3.8, 4) is 0 Å². The Labute approximate surface area is 123 Å². The summed E-state index contributed by atoms with van der Waals surface area (Å²) in [6.07, 6.45) is 6.67. The van der Waals surface area contributed by atoms with Gasteiger partial charge in [-0.1, -0.05) is 33.1 Å². The van der Waals surface area contributed by atoms with Gasteiger partial charge in [-0.2, -0.15) is 0 Å². The molecule has 1 aliphatic rings. The van der Waals surface area contributed by atoms with Crippen molar-refractivity contribution in [3.63, 3.8) is 0 Å². The first-order valence-corrected chi connectivity index (χ1v) is 8.12. The van der Waals surface area contributed by atoms with Gasteiger partial charge in [0.2, 0.25) is 0 Å². The van der Waals surface area contributed by atoms with Crippen LogP contribution in [0.15, 0.2) is 0 Å². The summed E-state index contributed by atoms with van der Waals surface area (Å²) in [4.78, 5) is 0. The van der Waals surface area contributed by atoms with Crippen LogP contribution in [0.25, 0.3) is 0 Å². The smallest absolute Gasteiger partial charge is 0.0897 e. The van der Waals surface area contributed by atoms with Gasteiger partial charge in [-0.15, -0.1) is 0 Å². The highest BCUT2D eigenvalue weighted by atomic mass is 16.5. The van der Waals surface area contributed by atoms with Gasteiger partial charge in [-0.25, -0.2) is 0 Å². The molecule has 20 heavy (non-hydrogen) atoms. The highest BCUT2D eigenvalue weighted by Crippen LogP contribution is 2.20. The van der Waals surface area contributed by atoms with Crippen LogP contribution in [0.1, 0.15) is 59.3 Å². The van der Waals surface area contributed by atoms with Crippen LogP contribution >= 0.6 is 0 Å². The fourth-order valence-corrected chi connectivity index (χ4v) is 3.00. The first-order chi connectivity index (χ1) is 9.39. The van der Waals surface area contributed by atoms with Gasteiger partial charge in [0, 0.05) is 13.1 Å². The van der Waals surface area contributed by atoms with Gasteiger partial charge in [-0.05, 0) is 32.1 Å². The van der Waals surface area contributed by atoms with Crippen molar-refractivity contribution in [1.29, 1.82) is 0 Å². The minimum Gasteiger partial charge on any atom is -0.389 e. The van der Waals surface area contributed by atoms with Gasteiger partial charge in [-0.3, -0.25) is 0 Å². The molecule has 0 saturated heterocycles. The fourth-order valence-electron chi connectivity index (χ4n) is 3.00. The standard InChI is InChI=1S/C16H33NO3/c1-13(2)9-16(3,19)12-17-10-14(18)11-20-15-7-5-4-6-8-15/h13-15,17-19H,4-12H2,1-3H3. The lowest BCUT2D eigenvalue weighted by Gasteiger charge is -2.27. The summed E-state index contributed by atoms with van der Waals surface area (Å²) in [5.41, 5.74) is -0.710. The van der Waals surface area contributed by atoms with Crippen LogP contribution in [0.4, 0.5) is 0 Å². The van der Waals surface area contributed by atoms with E-state index >= 15 is 0 Å². The maximum absolute atomic E-state index is 10.2. The molecule has 1 aliphatic carbocycles. The molecule has 3 N–H and O–H groups in total. The second kappa shape index (κ2) is 8.98. The van der Waals surface area contributed by atoms with Crippen LogP contribution in [-0.4, -0.2) is 47.7 Å². The molecule has 0 bridgehead atoms. The molecule has 0 aromatic rings. The van der Waals surface area contributed by atoms with Gasteiger partial charge in [0.25, 0.3) is 0 Å². The molecule has 1 rings (SSSR count). The molecule has 0 aliphatic heterocycles. The molecule has 0 spiro atoms. The topological polar surface area (TPSA) is 61.7 Å². The normalized spacial score (nSPS) is 21.9. The largest absolute Gasteiger partial charge is 0.389 e. The number of hydrogen-bond donors (Lipinski definition) is 3. The number of hydrogen-bond acceptors (Lipinski definition) is 4. The molecule has 0 aromatic carbocycles. The average molecular weight is 287 g/mol. The van der Waals surface area contributed by atoms with Gasteiger partial charge in [0.15, 0.2) is 0 Å². The molecule has 120 valence electrons. The molecule has 0 radical (unpaired) electrons. The lowest BCUT2D eigenvalue weighted by molar-refractivity contribution is -0.0256. The predicted octanol–water partition coefficient (Wildman–Crippen LogP) is 2.08. The summed E-state index contributed by atoms with van der Waals surface area (Å²) in [7, 11) is 0. The summed E-state index contributed by atoms with van der Waals surface area (Å²) < 4.78 is 5.74. The number of nitrogens with one attached hydrogen (secondary N) is 1. The molecule has 4 heteroatoms. The zero-order valence-electron chi connectivity index (χ0n) is 13.4. The second-order valence-corrected chi connectivity index (χ2v) is 6.97. The number of aliphatic hydroxyl groups excluding tert-OH is 1. The van der Waals surface area contributed by atoms with E-state index in [1.165, 1.54) is 19.3 Å². The first kappa shape index (κ1) is 17.9. The Hall–Kier alpha value is -0.160. The molecular weight excluding hydrogens is 254 g/mol. The molecule has 1 saturated carbocycles. The van der Waals surface area contributed by atoms with Crippen molar-refractivity contribution >= 4 is 0 Å². The quantitative estimate of drug-likeness (QED) is 0.607. The van der Waals surface area contributed by atoms with Gasteiger partial charge >= 0.3 is 0 Å². The lowest BCUT2D eigenvalue weighted by atomic mass is 9.94. The fraction of sp³-hybridized carbons (Fsp3) is 1.00. The van der Waals surface area contributed by atoms with E-state index in [0.717, 1.165) is 19.3 Å². The Balaban J connectivity index is 2.08. The summed E-state index contributed by atoms with van der Waals surface area (Å²) in [6.45, 7) is 7.41. The maximum Gasteiger partial charge on any atom is 0.0897 e. The van der Waals surface area contributed by atoms with Crippen molar-refractivity contribution in [2.45, 2.75) is 77.1 Å². The van der Waals surface area contributed by atoms with Crippen molar-refractivity contribution in [3.05, 3.63) is 0 Å². The minimum atomic E-state index is -0.710.